The van der Waals surface area contributed by atoms with Gasteiger partial charge in [-0.05, 0) is 32.6 Å². The van der Waals surface area contributed by atoms with Crippen molar-refractivity contribution in [2.75, 3.05) is 5.32 Å². The van der Waals surface area contributed by atoms with E-state index in [0.717, 1.165) is 25.1 Å². The molecule has 0 radical (unpaired) electrons. The van der Waals surface area contributed by atoms with Crippen molar-refractivity contribution in [3.05, 3.63) is 30.2 Å². The summed E-state index contributed by atoms with van der Waals surface area (Å²) >= 11 is 0. The number of oxazole rings is 1. The first-order chi connectivity index (χ1) is 10.1. The van der Waals surface area contributed by atoms with Gasteiger partial charge >= 0.3 is 12.0 Å². The second-order valence-electron chi connectivity index (χ2n) is 5.55. The number of aryl methyl sites for hydroxylation is 2. The van der Waals surface area contributed by atoms with Crippen LogP contribution < -0.4 is 10.6 Å². The van der Waals surface area contributed by atoms with Crippen LogP contribution in [0.5, 0.6) is 0 Å². The first-order valence-electron chi connectivity index (χ1n) is 7.07. The number of urea groups is 1. The summed E-state index contributed by atoms with van der Waals surface area (Å²) in [5, 5.41) is 5.55. The van der Waals surface area contributed by atoms with E-state index in [1.165, 1.54) is 0 Å². The molecular weight excluding hydrogens is 270 g/mol. The monoisotopic (exact) mass is 289 g/mol. The molecule has 2 aromatic heterocycles. The van der Waals surface area contributed by atoms with E-state index < -0.39 is 0 Å². The molecular formula is C14H19N5O2. The summed E-state index contributed by atoms with van der Waals surface area (Å²) in [7, 11) is 0. The molecule has 112 valence electrons. The fourth-order valence-electron chi connectivity index (χ4n) is 2.54. The number of anilines is 1. The third-order valence-electron chi connectivity index (χ3n) is 3.85. The Bertz CT molecular complexity index is 594. The summed E-state index contributed by atoms with van der Waals surface area (Å²) in [4.78, 5) is 20.0. The molecule has 3 rings (SSSR count). The molecule has 1 aliphatic rings. The van der Waals surface area contributed by atoms with Crippen molar-refractivity contribution in [2.45, 2.75) is 39.3 Å². The predicted octanol–water partition coefficient (Wildman–Crippen LogP) is 2.09. The fraction of sp³-hybridized carbons (Fsp3) is 0.500. The van der Waals surface area contributed by atoms with Gasteiger partial charge in [0.1, 0.15) is 5.76 Å². The van der Waals surface area contributed by atoms with Crippen molar-refractivity contribution in [1.82, 2.24) is 19.9 Å². The Labute approximate surface area is 122 Å². The minimum absolute atomic E-state index is 0.218. The number of rotatable bonds is 4. The second-order valence-corrected chi connectivity index (χ2v) is 5.55. The largest absolute Gasteiger partial charge is 0.428 e. The van der Waals surface area contributed by atoms with E-state index in [0.29, 0.717) is 11.7 Å². The van der Waals surface area contributed by atoms with Crippen LogP contribution in [0.4, 0.5) is 10.8 Å². The summed E-state index contributed by atoms with van der Waals surface area (Å²) < 4.78 is 7.38. The van der Waals surface area contributed by atoms with E-state index in [9.17, 15) is 4.79 Å². The minimum atomic E-state index is -0.262. The van der Waals surface area contributed by atoms with Gasteiger partial charge in [-0.3, -0.25) is 5.32 Å². The molecule has 0 aromatic carbocycles. The molecule has 1 saturated carbocycles. The number of carbonyl (C=O) groups is 1. The number of hydrogen-bond acceptors (Lipinski definition) is 4. The molecule has 1 aliphatic carbocycles. The molecule has 7 nitrogen and oxygen atoms in total. The van der Waals surface area contributed by atoms with Gasteiger partial charge in [0, 0.05) is 25.0 Å². The van der Waals surface area contributed by atoms with Crippen LogP contribution in [0.3, 0.4) is 0 Å². The standard InChI is InChI=1S/C14H19N5O2/c1-9-10(2)21-14(16-9)18-13(20)17-12-5-11(6-12)7-19-4-3-15-8-19/h3-4,8,11-12H,5-7H2,1-2H3,(H2,16,17,18,20). The lowest BCUT2D eigenvalue weighted by Gasteiger charge is -2.35. The summed E-state index contributed by atoms with van der Waals surface area (Å²) in [6.45, 7) is 4.62. The van der Waals surface area contributed by atoms with E-state index in [4.69, 9.17) is 4.42 Å². The van der Waals surface area contributed by atoms with Gasteiger partial charge in [-0.2, -0.15) is 4.98 Å². The Hall–Kier alpha value is -2.31. The van der Waals surface area contributed by atoms with Crippen LogP contribution in [-0.4, -0.2) is 26.6 Å². The first kappa shape index (κ1) is 13.7. The Balaban J connectivity index is 1.41. The average Bonchev–Trinajstić information content (AvgIpc) is 2.98. The molecule has 0 saturated heterocycles. The summed E-state index contributed by atoms with van der Waals surface area (Å²) in [6, 6.07) is 0.204. The highest BCUT2D eigenvalue weighted by molar-refractivity contribution is 5.87. The van der Waals surface area contributed by atoms with Gasteiger partial charge < -0.3 is 14.3 Å². The lowest BCUT2D eigenvalue weighted by molar-refractivity contribution is 0.195. The normalized spacial score (nSPS) is 20.9. The van der Waals surface area contributed by atoms with Crippen molar-refractivity contribution in [2.24, 2.45) is 5.92 Å². The van der Waals surface area contributed by atoms with Crippen LogP contribution in [0.15, 0.2) is 23.1 Å². The summed E-state index contributed by atoms with van der Waals surface area (Å²) in [5.41, 5.74) is 0.786. The highest BCUT2D eigenvalue weighted by Gasteiger charge is 2.30. The van der Waals surface area contributed by atoms with Gasteiger partial charge in [0.05, 0.1) is 12.0 Å². The number of nitrogens with zero attached hydrogens (tertiary/aromatic N) is 3. The second kappa shape index (κ2) is 5.59. The number of aromatic nitrogens is 3. The Kier molecular flexibility index (Phi) is 3.64. The Morgan fingerprint density at radius 1 is 1.48 bits per heavy atom. The lowest BCUT2D eigenvalue weighted by atomic mass is 9.80. The number of carbonyl (C=O) groups excluding carboxylic acids is 1. The molecule has 7 heteroatoms. The maximum atomic E-state index is 11.8. The quantitative estimate of drug-likeness (QED) is 0.902. The highest BCUT2D eigenvalue weighted by Crippen LogP contribution is 2.28. The Morgan fingerprint density at radius 2 is 2.29 bits per heavy atom. The van der Waals surface area contributed by atoms with Crippen LogP contribution in [0, 0.1) is 19.8 Å². The zero-order chi connectivity index (χ0) is 14.8. The number of hydrogen-bond donors (Lipinski definition) is 2. The van der Waals surface area contributed by atoms with Gasteiger partial charge in [0.2, 0.25) is 0 Å². The molecule has 0 bridgehead atoms. The molecule has 21 heavy (non-hydrogen) atoms. The van der Waals surface area contributed by atoms with Gasteiger partial charge in [-0.1, -0.05) is 0 Å². The van der Waals surface area contributed by atoms with Gasteiger partial charge in [0.15, 0.2) is 0 Å². The van der Waals surface area contributed by atoms with Crippen LogP contribution in [-0.2, 0) is 6.54 Å². The molecule has 1 fully saturated rings. The SMILES string of the molecule is Cc1nc(NC(=O)NC2CC(Cn3ccnc3)C2)oc1C. The molecule has 2 heterocycles. The smallest absolute Gasteiger partial charge is 0.323 e. The van der Waals surface area contributed by atoms with E-state index in [-0.39, 0.29) is 18.1 Å². The van der Waals surface area contributed by atoms with Crippen LogP contribution in [0.1, 0.15) is 24.3 Å². The maximum absolute atomic E-state index is 11.8. The van der Waals surface area contributed by atoms with Gasteiger partial charge in [0.25, 0.3) is 0 Å². The van der Waals surface area contributed by atoms with E-state index in [1.807, 2.05) is 26.4 Å². The summed E-state index contributed by atoms with van der Waals surface area (Å²) in [5.74, 6) is 1.31. The summed E-state index contributed by atoms with van der Waals surface area (Å²) in [6.07, 6.45) is 7.52. The molecule has 0 atom stereocenters. The van der Waals surface area contributed by atoms with Crippen molar-refractivity contribution in [3.8, 4) is 0 Å². The lowest BCUT2D eigenvalue weighted by Crippen LogP contribution is -2.46. The van der Waals surface area contributed by atoms with Gasteiger partial charge in [-0.15, -0.1) is 0 Å². The van der Waals surface area contributed by atoms with Crippen molar-refractivity contribution >= 4 is 12.0 Å². The van der Waals surface area contributed by atoms with Crippen molar-refractivity contribution in [1.29, 1.82) is 0 Å². The topological polar surface area (TPSA) is 85.0 Å². The molecule has 0 spiro atoms. The zero-order valence-corrected chi connectivity index (χ0v) is 12.2. The van der Waals surface area contributed by atoms with Gasteiger partial charge in [-0.25, -0.2) is 9.78 Å². The number of imidazole rings is 1. The molecule has 2 amide bonds. The highest BCUT2D eigenvalue weighted by atomic mass is 16.4. The van der Waals surface area contributed by atoms with Crippen molar-refractivity contribution in [3.63, 3.8) is 0 Å². The van der Waals surface area contributed by atoms with Crippen LogP contribution in [0.2, 0.25) is 0 Å². The number of amides is 2. The number of nitrogens with one attached hydrogen (secondary N) is 2. The zero-order valence-electron chi connectivity index (χ0n) is 12.2. The first-order valence-corrected chi connectivity index (χ1v) is 7.07. The Morgan fingerprint density at radius 3 is 2.90 bits per heavy atom. The maximum Gasteiger partial charge on any atom is 0.323 e. The predicted molar refractivity (Wildman–Crippen MR) is 76.9 cm³/mol. The molecule has 2 N–H and O–H groups in total. The third-order valence-corrected chi connectivity index (χ3v) is 3.85. The van der Waals surface area contributed by atoms with Crippen molar-refractivity contribution < 1.29 is 9.21 Å². The molecule has 0 unspecified atom stereocenters. The minimum Gasteiger partial charge on any atom is -0.428 e. The van der Waals surface area contributed by atoms with Crippen LogP contribution >= 0.6 is 0 Å². The molecule has 2 aromatic rings. The van der Waals surface area contributed by atoms with E-state index in [2.05, 4.69) is 25.2 Å². The third kappa shape index (κ3) is 3.24. The van der Waals surface area contributed by atoms with E-state index in [1.54, 1.807) is 6.20 Å². The average molecular weight is 289 g/mol. The molecule has 0 aliphatic heterocycles. The van der Waals surface area contributed by atoms with E-state index >= 15 is 0 Å². The van der Waals surface area contributed by atoms with Crippen LogP contribution in [0.25, 0.3) is 0 Å². The fourth-order valence-corrected chi connectivity index (χ4v) is 2.54.